The minimum absolute atomic E-state index is 0.0236. The van der Waals surface area contributed by atoms with Crippen LogP contribution in [-0.2, 0) is 44.4 Å². The number of nitrogens with one attached hydrogen (secondary N) is 1. The number of hydrogen-bond acceptors (Lipinski definition) is 5. The zero-order valence-electron chi connectivity index (χ0n) is 19.7. The van der Waals surface area contributed by atoms with Gasteiger partial charge < -0.3 is 10.2 Å². The molecule has 9 heteroatoms. The molecule has 0 unspecified atom stereocenters. The minimum Gasteiger partial charge on any atom is -0.333 e. The molecule has 0 radical (unpaired) electrons. The fourth-order valence-electron chi connectivity index (χ4n) is 5.37. The number of sulfone groups is 1. The van der Waals surface area contributed by atoms with Crippen LogP contribution >= 0.6 is 0 Å². The summed E-state index contributed by atoms with van der Waals surface area (Å²) in [5.41, 5.74) is 2.76. The molecule has 0 aromatic heterocycles. The van der Waals surface area contributed by atoms with Crippen LogP contribution in [0.15, 0.2) is 48.5 Å². The van der Waals surface area contributed by atoms with Crippen LogP contribution in [0, 0.1) is 0 Å². The van der Waals surface area contributed by atoms with E-state index in [2.05, 4.69) is 5.32 Å². The van der Waals surface area contributed by atoms with E-state index in [9.17, 15) is 22.8 Å². The number of aryl methyl sites for hydroxylation is 2. The topological polar surface area (TPSA) is 104 Å². The van der Waals surface area contributed by atoms with Crippen molar-refractivity contribution in [3.05, 3.63) is 70.8 Å². The van der Waals surface area contributed by atoms with Crippen molar-refractivity contribution in [1.29, 1.82) is 0 Å². The predicted molar refractivity (Wildman–Crippen MR) is 130 cm³/mol. The largest absolute Gasteiger partial charge is 0.333 e. The van der Waals surface area contributed by atoms with Gasteiger partial charge in [-0.2, -0.15) is 0 Å². The molecule has 35 heavy (non-hydrogen) atoms. The van der Waals surface area contributed by atoms with E-state index in [1.807, 2.05) is 48.5 Å². The molecule has 1 aliphatic carbocycles. The molecule has 4 amide bonds. The van der Waals surface area contributed by atoms with Crippen molar-refractivity contribution < 1.29 is 22.8 Å². The van der Waals surface area contributed by atoms with Gasteiger partial charge in [-0.1, -0.05) is 48.5 Å². The molecule has 0 saturated carbocycles. The Kier molecular flexibility index (Phi) is 5.91. The van der Waals surface area contributed by atoms with Crippen LogP contribution in [0.1, 0.15) is 42.0 Å². The van der Waals surface area contributed by atoms with Crippen molar-refractivity contribution in [2.75, 3.05) is 18.1 Å². The molecule has 5 rings (SSSR count). The average Bonchev–Trinajstić information content (AvgIpc) is 3.50. The predicted octanol–water partition coefficient (Wildman–Crippen LogP) is 2.16. The highest BCUT2D eigenvalue weighted by atomic mass is 32.2. The van der Waals surface area contributed by atoms with Crippen molar-refractivity contribution in [3.63, 3.8) is 0 Å². The molecule has 2 aliphatic heterocycles. The van der Waals surface area contributed by atoms with Crippen LogP contribution < -0.4 is 5.32 Å². The van der Waals surface area contributed by atoms with Crippen molar-refractivity contribution >= 4 is 27.7 Å². The van der Waals surface area contributed by atoms with E-state index in [1.54, 1.807) is 6.92 Å². The number of carbonyl (C=O) groups is 3. The Morgan fingerprint density at radius 2 is 1.86 bits per heavy atom. The summed E-state index contributed by atoms with van der Waals surface area (Å²) in [4.78, 5) is 42.2. The van der Waals surface area contributed by atoms with Gasteiger partial charge in [-0.3, -0.25) is 14.5 Å². The molecule has 2 fully saturated rings. The maximum absolute atomic E-state index is 13.5. The molecule has 184 valence electrons. The van der Waals surface area contributed by atoms with E-state index >= 15 is 0 Å². The summed E-state index contributed by atoms with van der Waals surface area (Å²) in [6.45, 7) is 1.44. The van der Waals surface area contributed by atoms with Crippen LogP contribution in [0.5, 0.6) is 0 Å². The molecule has 8 nitrogen and oxygen atoms in total. The van der Waals surface area contributed by atoms with E-state index in [0.29, 0.717) is 12.0 Å². The number of amides is 4. The van der Waals surface area contributed by atoms with E-state index < -0.39 is 45.8 Å². The van der Waals surface area contributed by atoms with Crippen LogP contribution in [0.25, 0.3) is 0 Å². The molecular weight excluding hydrogens is 466 g/mol. The summed E-state index contributed by atoms with van der Waals surface area (Å²) in [5.74, 6) is -1.01. The van der Waals surface area contributed by atoms with Gasteiger partial charge in [-0.05, 0) is 54.9 Å². The van der Waals surface area contributed by atoms with E-state index in [4.69, 9.17) is 0 Å². The van der Waals surface area contributed by atoms with Gasteiger partial charge in [0.2, 0.25) is 5.91 Å². The summed E-state index contributed by atoms with van der Waals surface area (Å²) < 4.78 is 24.3. The Morgan fingerprint density at radius 1 is 1.11 bits per heavy atom. The van der Waals surface area contributed by atoms with Gasteiger partial charge in [0.15, 0.2) is 9.84 Å². The van der Waals surface area contributed by atoms with Gasteiger partial charge in [-0.15, -0.1) is 0 Å². The third kappa shape index (κ3) is 4.45. The minimum atomic E-state index is -3.23. The lowest BCUT2D eigenvalue weighted by molar-refractivity contribution is -0.140. The van der Waals surface area contributed by atoms with Crippen molar-refractivity contribution in [2.45, 2.75) is 50.7 Å². The summed E-state index contributed by atoms with van der Waals surface area (Å²) in [6.07, 6.45) is 3.38. The quantitative estimate of drug-likeness (QED) is 0.619. The van der Waals surface area contributed by atoms with Crippen molar-refractivity contribution in [1.82, 2.24) is 15.1 Å². The first-order chi connectivity index (χ1) is 16.7. The Morgan fingerprint density at radius 3 is 2.57 bits per heavy atom. The maximum atomic E-state index is 13.5. The molecule has 2 atom stereocenters. The third-order valence-electron chi connectivity index (χ3n) is 7.41. The molecule has 1 N–H and O–H groups in total. The molecule has 2 aromatic carbocycles. The number of hydrogen-bond donors (Lipinski definition) is 1. The smallest absolute Gasteiger partial charge is 0.325 e. The van der Waals surface area contributed by atoms with Gasteiger partial charge in [0.25, 0.3) is 5.91 Å². The first kappa shape index (κ1) is 23.5. The lowest BCUT2D eigenvalue weighted by atomic mass is 9.89. The van der Waals surface area contributed by atoms with Crippen LogP contribution in [-0.4, -0.2) is 60.2 Å². The highest BCUT2D eigenvalue weighted by molar-refractivity contribution is 7.91. The number of nitrogens with zero attached hydrogens (tertiary/aromatic N) is 2. The van der Waals surface area contributed by atoms with Gasteiger partial charge >= 0.3 is 6.03 Å². The number of urea groups is 1. The van der Waals surface area contributed by atoms with Gasteiger partial charge in [0.05, 0.1) is 11.5 Å². The first-order valence-corrected chi connectivity index (χ1v) is 13.8. The fourth-order valence-corrected chi connectivity index (χ4v) is 7.10. The number of imide groups is 1. The molecule has 2 saturated heterocycles. The van der Waals surface area contributed by atoms with Crippen LogP contribution in [0.2, 0.25) is 0 Å². The summed E-state index contributed by atoms with van der Waals surface area (Å²) in [6, 6.07) is 14.1. The first-order valence-electron chi connectivity index (χ1n) is 12.0. The lowest BCUT2D eigenvalue weighted by Gasteiger charge is -2.30. The number of rotatable bonds is 6. The molecular formula is C26H29N3O5S. The highest BCUT2D eigenvalue weighted by Crippen LogP contribution is 2.33. The van der Waals surface area contributed by atoms with E-state index in [1.165, 1.54) is 16.0 Å². The number of carbonyl (C=O) groups excluding carboxylic acids is 3. The molecule has 0 bridgehead atoms. The Labute approximate surface area is 205 Å². The number of benzene rings is 2. The highest BCUT2D eigenvalue weighted by Gasteiger charge is 2.50. The van der Waals surface area contributed by atoms with E-state index in [0.717, 1.165) is 29.7 Å². The van der Waals surface area contributed by atoms with Gasteiger partial charge in [0, 0.05) is 12.6 Å². The zero-order chi connectivity index (χ0) is 24.8. The third-order valence-corrected chi connectivity index (χ3v) is 9.16. The summed E-state index contributed by atoms with van der Waals surface area (Å²) >= 11 is 0. The second-order valence-corrected chi connectivity index (χ2v) is 12.1. The number of fused-ring (bicyclic) bond motifs is 1. The van der Waals surface area contributed by atoms with Gasteiger partial charge in [0.1, 0.15) is 12.1 Å². The monoisotopic (exact) mass is 495 g/mol. The zero-order valence-corrected chi connectivity index (χ0v) is 20.5. The van der Waals surface area contributed by atoms with Crippen molar-refractivity contribution in [3.8, 4) is 0 Å². The van der Waals surface area contributed by atoms with Crippen LogP contribution in [0.4, 0.5) is 4.79 Å². The Bertz CT molecular complexity index is 1290. The fraction of sp³-hybridized carbons (Fsp3) is 0.423. The summed E-state index contributed by atoms with van der Waals surface area (Å²) in [5, 5.41) is 2.79. The molecule has 3 aliphatic rings. The molecule has 0 spiro atoms. The SMILES string of the molecule is C[C@]1(c2ccc3c(c2)CCC3)NC(=O)N(CC(=O)N(Cc2ccccc2)[C@@H]2CCS(=O)(=O)C2)C1=O. The average molecular weight is 496 g/mol. The molecule has 2 heterocycles. The van der Waals surface area contributed by atoms with Crippen molar-refractivity contribution in [2.24, 2.45) is 0 Å². The second-order valence-electron chi connectivity index (χ2n) is 9.85. The second kappa shape index (κ2) is 8.78. The summed E-state index contributed by atoms with van der Waals surface area (Å²) in [7, 11) is -3.23. The lowest BCUT2D eigenvalue weighted by Crippen LogP contribution is -2.48. The van der Waals surface area contributed by atoms with Gasteiger partial charge in [-0.25, -0.2) is 13.2 Å². The van der Waals surface area contributed by atoms with E-state index in [-0.39, 0.29) is 18.1 Å². The maximum Gasteiger partial charge on any atom is 0.325 e. The normalized spacial score (nSPS) is 24.9. The standard InChI is InChI=1S/C26H29N3O5S/c1-26(21-11-10-19-8-5-9-20(19)14-21)24(31)29(25(32)27-26)16-23(30)28(15-18-6-3-2-4-7-18)22-12-13-35(33,34)17-22/h2-4,6-7,10-11,14,22H,5,8-9,12-13,15-17H2,1H3,(H,27,32)/t22-,26-/m1/s1. The molecule has 2 aromatic rings. The van der Waals surface area contributed by atoms with Crippen LogP contribution in [0.3, 0.4) is 0 Å². The Hall–Kier alpha value is -3.20. The Balaban J connectivity index is 1.37.